The van der Waals surface area contributed by atoms with Gasteiger partial charge in [-0.2, -0.15) is 0 Å². The molecule has 0 saturated heterocycles. The smallest absolute Gasteiger partial charge is 0.237 e. The van der Waals surface area contributed by atoms with Crippen LogP contribution in [-0.2, 0) is 4.79 Å². The van der Waals surface area contributed by atoms with Crippen molar-refractivity contribution in [2.45, 2.75) is 29.9 Å². The van der Waals surface area contributed by atoms with Gasteiger partial charge in [0.15, 0.2) is 4.34 Å². The van der Waals surface area contributed by atoms with Gasteiger partial charge in [-0.1, -0.05) is 30.0 Å². The summed E-state index contributed by atoms with van der Waals surface area (Å²) < 4.78 is 0.825. The van der Waals surface area contributed by atoms with Crippen molar-refractivity contribution in [3.8, 4) is 0 Å². The molecule has 2 rings (SSSR count). The number of nitrogens with one attached hydrogen (secondary N) is 1. The van der Waals surface area contributed by atoms with E-state index in [0.717, 1.165) is 15.8 Å². The van der Waals surface area contributed by atoms with Gasteiger partial charge in [0.25, 0.3) is 0 Å². The van der Waals surface area contributed by atoms with E-state index in [1.807, 2.05) is 19.9 Å². The Labute approximate surface area is 119 Å². The van der Waals surface area contributed by atoms with Crippen LogP contribution in [0.25, 0.3) is 0 Å². The molecule has 0 aliphatic heterocycles. The van der Waals surface area contributed by atoms with Crippen LogP contribution in [-0.4, -0.2) is 26.3 Å². The summed E-state index contributed by atoms with van der Waals surface area (Å²) in [5, 5.41) is 11.6. The monoisotopic (exact) mass is 294 g/mol. The fourth-order valence-corrected chi connectivity index (χ4v) is 3.41. The van der Waals surface area contributed by atoms with E-state index in [0.29, 0.717) is 5.69 Å². The first-order chi connectivity index (χ1) is 9.19. The van der Waals surface area contributed by atoms with Gasteiger partial charge < -0.3 is 5.32 Å². The summed E-state index contributed by atoms with van der Waals surface area (Å²) in [6.45, 7) is 3.88. The molecule has 0 spiro atoms. The van der Waals surface area contributed by atoms with Gasteiger partial charge in [-0.15, -0.1) is 10.2 Å². The molecule has 0 fully saturated rings. The van der Waals surface area contributed by atoms with E-state index in [1.165, 1.54) is 23.1 Å². The van der Waals surface area contributed by atoms with Crippen LogP contribution in [0, 0.1) is 6.92 Å². The molecule has 2 aromatic rings. The topological polar surface area (TPSA) is 67.8 Å². The van der Waals surface area contributed by atoms with E-state index in [-0.39, 0.29) is 11.2 Å². The van der Waals surface area contributed by atoms with Gasteiger partial charge in [-0.3, -0.25) is 9.78 Å². The SMILES string of the molecule is CCC(Sc1nnc(C)s1)C(=O)Nc1cccnc1. The Kier molecular flexibility index (Phi) is 4.86. The number of anilines is 1. The lowest BCUT2D eigenvalue weighted by Crippen LogP contribution is -2.24. The summed E-state index contributed by atoms with van der Waals surface area (Å²) in [5.74, 6) is -0.0339. The van der Waals surface area contributed by atoms with E-state index in [4.69, 9.17) is 0 Å². The maximum atomic E-state index is 12.2. The molecule has 2 aromatic heterocycles. The second-order valence-corrected chi connectivity index (χ2v) is 6.46. The molecule has 2 heterocycles. The lowest BCUT2D eigenvalue weighted by molar-refractivity contribution is -0.115. The van der Waals surface area contributed by atoms with Crippen LogP contribution in [0.15, 0.2) is 28.9 Å². The number of thioether (sulfide) groups is 1. The minimum atomic E-state index is -0.174. The highest BCUT2D eigenvalue weighted by Crippen LogP contribution is 2.28. The van der Waals surface area contributed by atoms with Crippen LogP contribution < -0.4 is 5.32 Å². The third kappa shape index (κ3) is 4.00. The Morgan fingerprint density at radius 3 is 2.95 bits per heavy atom. The lowest BCUT2D eigenvalue weighted by Gasteiger charge is -2.12. The molecule has 0 bridgehead atoms. The first-order valence-electron chi connectivity index (χ1n) is 5.86. The first kappa shape index (κ1) is 14.0. The fourth-order valence-electron chi connectivity index (χ4n) is 1.43. The standard InChI is InChI=1S/C12H14N4OS2/c1-3-10(19-12-16-15-8(2)18-12)11(17)14-9-5-4-6-13-7-9/h4-7,10H,3H2,1-2H3,(H,14,17). The maximum absolute atomic E-state index is 12.2. The average Bonchev–Trinajstić information content (AvgIpc) is 2.82. The number of aryl methyl sites for hydroxylation is 1. The quantitative estimate of drug-likeness (QED) is 0.859. The minimum Gasteiger partial charge on any atom is -0.324 e. The number of hydrogen-bond acceptors (Lipinski definition) is 6. The molecular weight excluding hydrogens is 280 g/mol. The lowest BCUT2D eigenvalue weighted by atomic mass is 10.3. The summed E-state index contributed by atoms with van der Waals surface area (Å²) in [6.07, 6.45) is 4.03. The summed E-state index contributed by atoms with van der Waals surface area (Å²) in [6, 6.07) is 3.61. The van der Waals surface area contributed by atoms with Gasteiger partial charge in [0.05, 0.1) is 17.1 Å². The van der Waals surface area contributed by atoms with E-state index in [9.17, 15) is 4.79 Å². The van der Waals surface area contributed by atoms with Crippen molar-refractivity contribution < 1.29 is 4.79 Å². The highest BCUT2D eigenvalue weighted by Gasteiger charge is 2.20. The maximum Gasteiger partial charge on any atom is 0.237 e. The van der Waals surface area contributed by atoms with Crippen LogP contribution in [0.1, 0.15) is 18.4 Å². The summed E-state index contributed by atoms with van der Waals surface area (Å²) in [7, 11) is 0. The molecule has 0 saturated carbocycles. The molecule has 7 heteroatoms. The number of pyridine rings is 1. The van der Waals surface area contributed by atoms with Crippen molar-refractivity contribution in [1.29, 1.82) is 0 Å². The molecule has 19 heavy (non-hydrogen) atoms. The highest BCUT2D eigenvalue weighted by molar-refractivity contribution is 8.02. The number of nitrogens with zero attached hydrogens (tertiary/aromatic N) is 3. The van der Waals surface area contributed by atoms with Crippen molar-refractivity contribution in [3.05, 3.63) is 29.5 Å². The predicted molar refractivity (Wildman–Crippen MR) is 77.4 cm³/mol. The summed E-state index contributed by atoms with van der Waals surface area (Å²) in [4.78, 5) is 16.1. The molecule has 1 atom stereocenters. The van der Waals surface area contributed by atoms with E-state index >= 15 is 0 Å². The molecule has 5 nitrogen and oxygen atoms in total. The largest absolute Gasteiger partial charge is 0.324 e. The summed E-state index contributed by atoms with van der Waals surface area (Å²) >= 11 is 2.95. The van der Waals surface area contributed by atoms with Crippen LogP contribution in [0.5, 0.6) is 0 Å². The van der Waals surface area contributed by atoms with Crippen LogP contribution >= 0.6 is 23.1 Å². The number of carbonyl (C=O) groups is 1. The van der Waals surface area contributed by atoms with Crippen LogP contribution in [0.2, 0.25) is 0 Å². The summed E-state index contributed by atoms with van der Waals surface area (Å²) in [5.41, 5.74) is 0.708. The first-order valence-corrected chi connectivity index (χ1v) is 7.56. The Hall–Kier alpha value is -1.47. The van der Waals surface area contributed by atoms with Crippen molar-refractivity contribution in [1.82, 2.24) is 15.2 Å². The Bertz CT molecular complexity index is 544. The van der Waals surface area contributed by atoms with E-state index in [2.05, 4.69) is 20.5 Å². The van der Waals surface area contributed by atoms with Crippen molar-refractivity contribution in [3.63, 3.8) is 0 Å². The molecule has 0 radical (unpaired) electrons. The zero-order valence-electron chi connectivity index (χ0n) is 10.7. The molecule has 0 aromatic carbocycles. The molecule has 0 aliphatic rings. The Morgan fingerprint density at radius 1 is 1.53 bits per heavy atom. The number of aromatic nitrogens is 3. The van der Waals surface area contributed by atoms with Gasteiger partial charge in [0, 0.05) is 6.20 Å². The van der Waals surface area contributed by atoms with Gasteiger partial charge >= 0.3 is 0 Å². The third-order valence-electron chi connectivity index (χ3n) is 2.34. The number of carbonyl (C=O) groups excluding carboxylic acids is 1. The zero-order valence-corrected chi connectivity index (χ0v) is 12.3. The number of hydrogen-bond donors (Lipinski definition) is 1. The average molecular weight is 294 g/mol. The van der Waals surface area contributed by atoms with Crippen LogP contribution in [0.4, 0.5) is 5.69 Å². The number of rotatable bonds is 5. The van der Waals surface area contributed by atoms with Gasteiger partial charge in [-0.25, -0.2) is 0 Å². The molecule has 0 aliphatic carbocycles. The Morgan fingerprint density at radius 2 is 2.37 bits per heavy atom. The molecule has 100 valence electrons. The van der Waals surface area contributed by atoms with Crippen molar-refractivity contribution in [2.24, 2.45) is 0 Å². The third-order valence-corrected chi connectivity index (χ3v) is 4.63. The zero-order chi connectivity index (χ0) is 13.7. The van der Waals surface area contributed by atoms with Gasteiger partial charge in [-0.05, 0) is 25.5 Å². The van der Waals surface area contributed by atoms with Gasteiger partial charge in [0.2, 0.25) is 5.91 Å². The second kappa shape index (κ2) is 6.63. The normalized spacial score (nSPS) is 12.1. The minimum absolute atomic E-state index is 0.0339. The highest BCUT2D eigenvalue weighted by atomic mass is 32.2. The fraction of sp³-hybridized carbons (Fsp3) is 0.333. The predicted octanol–water partition coefficient (Wildman–Crippen LogP) is 2.75. The van der Waals surface area contributed by atoms with Crippen molar-refractivity contribution >= 4 is 34.7 Å². The second-order valence-electron chi connectivity index (χ2n) is 3.83. The van der Waals surface area contributed by atoms with Crippen molar-refractivity contribution in [2.75, 3.05) is 5.32 Å². The van der Waals surface area contributed by atoms with E-state index in [1.54, 1.807) is 18.5 Å². The molecular formula is C12H14N4OS2. The van der Waals surface area contributed by atoms with E-state index < -0.39 is 0 Å². The van der Waals surface area contributed by atoms with Crippen LogP contribution in [0.3, 0.4) is 0 Å². The molecule has 1 N–H and O–H groups in total. The number of amides is 1. The molecule has 1 unspecified atom stereocenters. The Balaban J connectivity index is 1.99. The van der Waals surface area contributed by atoms with Gasteiger partial charge in [0.1, 0.15) is 5.01 Å². The molecule has 1 amide bonds.